The number of fused-ring (bicyclic) bond motifs is 2. The van der Waals surface area contributed by atoms with E-state index in [1.165, 1.54) is 22.1 Å². The first kappa shape index (κ1) is 19.5. The van der Waals surface area contributed by atoms with Gasteiger partial charge in [-0.3, -0.25) is 0 Å². The van der Waals surface area contributed by atoms with Gasteiger partial charge in [-0.2, -0.15) is 0 Å². The fourth-order valence-electron chi connectivity index (χ4n) is 3.91. The number of rotatable bonds is 5. The molecular weight excluding hydrogens is 404 g/mol. The molecule has 0 unspecified atom stereocenters. The summed E-state index contributed by atoms with van der Waals surface area (Å²) in [4.78, 5) is 19.7. The first-order valence-electron chi connectivity index (χ1n) is 10.4. The number of nitrogens with zero attached hydrogens (tertiary/aromatic N) is 2. The molecule has 0 atom stereocenters. The fraction of sp³-hybridized carbons (Fsp3) is 0.154. The minimum Gasteiger partial charge on any atom is -0.422 e. The monoisotopic (exact) mass is 426 g/mol. The molecule has 0 aliphatic carbocycles. The van der Waals surface area contributed by atoms with Crippen molar-refractivity contribution in [3.63, 3.8) is 0 Å². The average Bonchev–Trinajstić information content (AvgIpc) is 3.29. The van der Waals surface area contributed by atoms with E-state index >= 15 is 0 Å². The summed E-state index contributed by atoms with van der Waals surface area (Å²) in [6, 6.07) is 22.5. The van der Waals surface area contributed by atoms with Crippen LogP contribution in [0.1, 0.15) is 13.8 Å². The van der Waals surface area contributed by atoms with Crippen molar-refractivity contribution >= 4 is 38.8 Å². The molecule has 0 N–H and O–H groups in total. The molecule has 2 heterocycles. The highest BCUT2D eigenvalue weighted by Crippen LogP contribution is 2.31. The van der Waals surface area contributed by atoms with Crippen LogP contribution in [0, 0.1) is 0 Å². The highest BCUT2D eigenvalue weighted by atomic mass is 32.1. The van der Waals surface area contributed by atoms with Crippen molar-refractivity contribution in [3.05, 3.63) is 82.5 Å². The molecule has 5 rings (SSSR count). The van der Waals surface area contributed by atoms with E-state index in [-0.39, 0.29) is 5.63 Å². The molecule has 0 fully saturated rings. The Bertz CT molecular complexity index is 1450. The van der Waals surface area contributed by atoms with E-state index in [2.05, 4.69) is 55.1 Å². The van der Waals surface area contributed by atoms with Gasteiger partial charge in [-0.1, -0.05) is 36.4 Å². The summed E-state index contributed by atoms with van der Waals surface area (Å²) >= 11 is 1.46. The van der Waals surface area contributed by atoms with Crippen molar-refractivity contribution in [2.24, 2.45) is 0 Å². The fourth-order valence-corrected chi connectivity index (χ4v) is 4.75. The Morgan fingerprint density at radius 2 is 1.68 bits per heavy atom. The molecular formula is C26H22N2O2S. The van der Waals surface area contributed by atoms with Crippen LogP contribution in [0.15, 0.2) is 81.3 Å². The van der Waals surface area contributed by atoms with Crippen LogP contribution >= 0.6 is 11.3 Å². The molecule has 0 bridgehead atoms. The normalized spacial score (nSPS) is 11.3. The molecule has 3 aromatic carbocycles. The number of benzene rings is 3. The summed E-state index contributed by atoms with van der Waals surface area (Å²) in [5, 5.41) is 5.93. The predicted molar refractivity (Wildman–Crippen MR) is 130 cm³/mol. The third kappa shape index (κ3) is 3.62. The van der Waals surface area contributed by atoms with Crippen LogP contribution in [0.2, 0.25) is 0 Å². The van der Waals surface area contributed by atoms with Crippen LogP contribution in [0.3, 0.4) is 0 Å². The lowest BCUT2D eigenvalue weighted by Gasteiger charge is -2.20. The maximum atomic E-state index is 12.8. The molecule has 0 saturated heterocycles. The SMILES string of the molecule is CCN(CC)c1ccc2cc(-c3nc(-c4ccc5ccccc5c4)cs3)c(=O)oc2c1. The smallest absolute Gasteiger partial charge is 0.346 e. The van der Waals surface area contributed by atoms with E-state index in [0.717, 1.165) is 35.4 Å². The van der Waals surface area contributed by atoms with Gasteiger partial charge in [0.05, 0.1) is 11.3 Å². The van der Waals surface area contributed by atoms with Crippen LogP contribution in [-0.4, -0.2) is 18.1 Å². The van der Waals surface area contributed by atoms with E-state index in [0.29, 0.717) is 16.2 Å². The number of hydrogen-bond acceptors (Lipinski definition) is 5. The Morgan fingerprint density at radius 1 is 0.903 bits per heavy atom. The molecule has 4 nitrogen and oxygen atoms in total. The summed E-state index contributed by atoms with van der Waals surface area (Å²) in [6.07, 6.45) is 0. The zero-order valence-corrected chi connectivity index (χ0v) is 18.3. The first-order chi connectivity index (χ1) is 15.2. The van der Waals surface area contributed by atoms with Gasteiger partial charge in [-0.05, 0) is 48.9 Å². The lowest BCUT2D eigenvalue weighted by Crippen LogP contribution is -2.21. The molecule has 0 radical (unpaired) electrons. The molecule has 0 amide bonds. The number of hydrogen-bond donors (Lipinski definition) is 0. The van der Waals surface area contributed by atoms with Crippen LogP contribution in [0.25, 0.3) is 43.6 Å². The summed E-state index contributed by atoms with van der Waals surface area (Å²) in [6.45, 7) is 6.03. The van der Waals surface area contributed by atoms with E-state index in [4.69, 9.17) is 9.40 Å². The van der Waals surface area contributed by atoms with Crippen LogP contribution in [0.5, 0.6) is 0 Å². The average molecular weight is 427 g/mol. The molecule has 5 aromatic rings. The Labute approximate surface area is 184 Å². The molecule has 0 saturated carbocycles. The van der Waals surface area contributed by atoms with Gasteiger partial charge in [0.25, 0.3) is 0 Å². The summed E-state index contributed by atoms with van der Waals surface area (Å²) in [5.41, 5.74) is 3.70. The Kier molecular flexibility index (Phi) is 5.04. The van der Waals surface area contributed by atoms with E-state index in [1.807, 2.05) is 35.7 Å². The molecule has 31 heavy (non-hydrogen) atoms. The Morgan fingerprint density at radius 3 is 2.48 bits per heavy atom. The van der Waals surface area contributed by atoms with Gasteiger partial charge in [0.2, 0.25) is 0 Å². The van der Waals surface area contributed by atoms with Gasteiger partial charge >= 0.3 is 5.63 Å². The van der Waals surface area contributed by atoms with Crippen molar-refractivity contribution in [1.29, 1.82) is 0 Å². The van der Waals surface area contributed by atoms with Gasteiger partial charge < -0.3 is 9.32 Å². The second-order valence-electron chi connectivity index (χ2n) is 7.44. The summed E-state index contributed by atoms with van der Waals surface area (Å²) < 4.78 is 5.68. The Hall–Kier alpha value is -3.44. The Balaban J connectivity index is 1.53. The van der Waals surface area contributed by atoms with E-state index < -0.39 is 0 Å². The maximum absolute atomic E-state index is 12.8. The van der Waals surface area contributed by atoms with Gasteiger partial charge in [0, 0.05) is 41.2 Å². The minimum atomic E-state index is -0.358. The lowest BCUT2D eigenvalue weighted by molar-refractivity contribution is 0.563. The third-order valence-electron chi connectivity index (χ3n) is 5.63. The van der Waals surface area contributed by atoms with Crippen LogP contribution in [-0.2, 0) is 0 Å². The standard InChI is InChI=1S/C26H22N2O2S/c1-3-28(4-2)21-12-11-20-14-22(26(29)30-24(20)15-21)25-27-23(16-31-25)19-10-9-17-7-5-6-8-18(17)13-19/h5-16H,3-4H2,1-2H3. The zero-order chi connectivity index (χ0) is 21.4. The van der Waals surface area contributed by atoms with E-state index in [1.54, 1.807) is 0 Å². The maximum Gasteiger partial charge on any atom is 0.346 e. The minimum absolute atomic E-state index is 0.358. The van der Waals surface area contributed by atoms with Crippen LogP contribution in [0.4, 0.5) is 5.69 Å². The first-order valence-corrected chi connectivity index (χ1v) is 11.3. The van der Waals surface area contributed by atoms with Gasteiger partial charge in [-0.15, -0.1) is 11.3 Å². The topological polar surface area (TPSA) is 46.3 Å². The van der Waals surface area contributed by atoms with E-state index in [9.17, 15) is 4.79 Å². The van der Waals surface area contributed by atoms with Gasteiger partial charge in [0.1, 0.15) is 10.6 Å². The predicted octanol–water partition coefficient (Wildman–Crippen LogP) is 6.58. The lowest BCUT2D eigenvalue weighted by atomic mass is 10.1. The van der Waals surface area contributed by atoms with Crippen molar-refractivity contribution < 1.29 is 4.42 Å². The zero-order valence-electron chi connectivity index (χ0n) is 17.5. The third-order valence-corrected chi connectivity index (χ3v) is 6.50. The van der Waals surface area contributed by atoms with Crippen molar-refractivity contribution in [1.82, 2.24) is 4.98 Å². The van der Waals surface area contributed by atoms with Crippen LogP contribution < -0.4 is 10.5 Å². The number of aromatic nitrogens is 1. The molecule has 0 spiro atoms. The highest BCUT2D eigenvalue weighted by Gasteiger charge is 2.14. The van der Waals surface area contributed by atoms with Crippen molar-refractivity contribution in [2.75, 3.05) is 18.0 Å². The van der Waals surface area contributed by atoms with Gasteiger partial charge in [-0.25, -0.2) is 9.78 Å². The molecule has 0 aliphatic heterocycles. The molecule has 5 heteroatoms. The number of thiazole rings is 1. The van der Waals surface area contributed by atoms with Gasteiger partial charge in [0.15, 0.2) is 0 Å². The second kappa shape index (κ2) is 8.00. The summed E-state index contributed by atoms with van der Waals surface area (Å²) in [7, 11) is 0. The largest absolute Gasteiger partial charge is 0.422 e. The van der Waals surface area contributed by atoms with Crippen molar-refractivity contribution in [2.45, 2.75) is 13.8 Å². The molecule has 0 aliphatic rings. The van der Waals surface area contributed by atoms with Crippen molar-refractivity contribution in [3.8, 4) is 21.8 Å². The molecule has 154 valence electrons. The quantitative estimate of drug-likeness (QED) is 0.298. The summed E-state index contributed by atoms with van der Waals surface area (Å²) in [5.74, 6) is 0. The molecule has 2 aromatic heterocycles. The second-order valence-corrected chi connectivity index (χ2v) is 8.30. The number of anilines is 1. The highest BCUT2D eigenvalue weighted by molar-refractivity contribution is 7.13.